The molecular formula is C27H43NO. The van der Waals surface area contributed by atoms with E-state index in [1.807, 2.05) is 0 Å². The van der Waals surface area contributed by atoms with E-state index < -0.39 is 0 Å². The average Bonchev–Trinajstić information content (AvgIpc) is 3.04. The van der Waals surface area contributed by atoms with Crippen molar-refractivity contribution < 1.29 is 0 Å². The second-order valence-corrected chi connectivity index (χ2v) is 11.9. The molecule has 0 aliphatic heterocycles. The molecule has 0 N–H and O–H groups in total. The minimum Gasteiger partial charge on any atom is -0.150 e. The summed E-state index contributed by atoms with van der Waals surface area (Å²) in [6.45, 7) is 12.3. The molecule has 8 atom stereocenters. The highest BCUT2D eigenvalue weighted by Crippen LogP contribution is 2.67. The first kappa shape index (κ1) is 21.3. The fourth-order valence-electron chi connectivity index (χ4n) is 8.40. The summed E-state index contributed by atoms with van der Waals surface area (Å²) in [5, 5.41) is 3.37. The Hall–Kier alpha value is -0.920. The van der Waals surface area contributed by atoms with E-state index in [-0.39, 0.29) is 6.04 Å². The van der Waals surface area contributed by atoms with Crippen LogP contribution in [0.3, 0.4) is 0 Å². The van der Waals surface area contributed by atoms with Gasteiger partial charge >= 0.3 is 0 Å². The molecule has 0 aromatic carbocycles. The first-order valence-electron chi connectivity index (χ1n) is 12.5. The van der Waals surface area contributed by atoms with Gasteiger partial charge in [-0.3, -0.25) is 0 Å². The van der Waals surface area contributed by atoms with Crippen molar-refractivity contribution in [1.29, 1.82) is 0 Å². The van der Waals surface area contributed by atoms with Crippen LogP contribution < -0.4 is 0 Å². The highest BCUT2D eigenvalue weighted by atomic mass is 16.3. The van der Waals surface area contributed by atoms with E-state index in [0.717, 1.165) is 36.0 Å². The van der Waals surface area contributed by atoms with Gasteiger partial charge in [-0.1, -0.05) is 63.6 Å². The fraction of sp³-hybridized carbons (Fsp3) is 0.852. The summed E-state index contributed by atoms with van der Waals surface area (Å²) in [7, 11) is 0. The summed E-state index contributed by atoms with van der Waals surface area (Å²) >= 11 is 0. The van der Waals surface area contributed by atoms with Crippen molar-refractivity contribution in [3.63, 3.8) is 0 Å². The van der Waals surface area contributed by atoms with Crippen molar-refractivity contribution >= 4 is 0 Å². The zero-order chi connectivity index (χ0) is 20.8. The van der Waals surface area contributed by atoms with E-state index >= 15 is 0 Å². The van der Waals surface area contributed by atoms with Crippen LogP contribution in [0.2, 0.25) is 0 Å². The van der Waals surface area contributed by atoms with Gasteiger partial charge in [0.1, 0.15) is 6.04 Å². The number of rotatable bonds is 5. The van der Waals surface area contributed by atoms with Gasteiger partial charge in [-0.05, 0) is 104 Å². The first-order chi connectivity index (χ1) is 13.8. The van der Waals surface area contributed by atoms with Crippen LogP contribution in [0.1, 0.15) is 92.4 Å². The smallest absolute Gasteiger partial charge is 0.110 e. The number of hydrogen-bond acceptors (Lipinski definition) is 2. The fourth-order valence-corrected chi connectivity index (χ4v) is 8.40. The zero-order valence-electron chi connectivity index (χ0n) is 19.5. The molecule has 0 bridgehead atoms. The van der Waals surface area contributed by atoms with Gasteiger partial charge in [0.05, 0.1) is 0 Å². The third kappa shape index (κ3) is 3.57. The van der Waals surface area contributed by atoms with Gasteiger partial charge in [0.2, 0.25) is 0 Å². The lowest BCUT2D eigenvalue weighted by atomic mass is 9.46. The number of fused-ring (bicyclic) bond motifs is 5. The third-order valence-electron chi connectivity index (χ3n) is 9.98. The van der Waals surface area contributed by atoms with Crippen molar-refractivity contribution in [3.8, 4) is 0 Å². The summed E-state index contributed by atoms with van der Waals surface area (Å²) in [5.41, 5.74) is 2.45. The number of allylic oxidation sites excluding steroid dienone is 3. The monoisotopic (exact) mass is 397 g/mol. The standard InChI is InChI=1S/C27H43NO/c1-18(2)7-6-8-19(3)23-11-12-24-22-10-9-20-17-21(28-29)13-15-26(20,4)25(22)14-16-27(23,24)5/h6,8,17-19,21-25H,7,9-16H2,1-5H3/t19-,21?,22+,23-,24+,25+,26+,27-/m1/s1. The minimum absolute atomic E-state index is 0.0576. The summed E-state index contributed by atoms with van der Waals surface area (Å²) in [4.78, 5) is 11.1. The Morgan fingerprint density at radius 1 is 1.07 bits per heavy atom. The lowest BCUT2D eigenvalue weighted by Crippen LogP contribution is -2.51. The minimum atomic E-state index is -0.0576. The van der Waals surface area contributed by atoms with Crippen molar-refractivity contribution in [3.05, 3.63) is 28.7 Å². The van der Waals surface area contributed by atoms with Crippen molar-refractivity contribution in [2.24, 2.45) is 51.5 Å². The summed E-state index contributed by atoms with van der Waals surface area (Å²) in [6, 6.07) is -0.0576. The Bertz CT molecular complexity index is 678. The van der Waals surface area contributed by atoms with Crippen LogP contribution in [-0.4, -0.2) is 6.04 Å². The number of nitrogens with zero attached hydrogens (tertiary/aromatic N) is 1. The molecule has 0 heterocycles. The lowest BCUT2D eigenvalue weighted by molar-refractivity contribution is -0.0562. The van der Waals surface area contributed by atoms with Crippen LogP contribution in [0.15, 0.2) is 29.0 Å². The highest BCUT2D eigenvalue weighted by molar-refractivity contribution is 5.26. The Kier molecular flexibility index (Phi) is 5.86. The predicted octanol–water partition coefficient (Wildman–Crippen LogP) is 7.94. The van der Waals surface area contributed by atoms with E-state index in [1.165, 1.54) is 51.4 Å². The van der Waals surface area contributed by atoms with Gasteiger partial charge in [-0.2, -0.15) is 4.91 Å². The number of nitroso groups, excluding NO2 is 1. The number of hydrogen-bond donors (Lipinski definition) is 0. The maximum atomic E-state index is 11.1. The molecule has 0 saturated heterocycles. The molecule has 3 fully saturated rings. The molecule has 162 valence electrons. The van der Waals surface area contributed by atoms with Crippen LogP contribution in [0, 0.1) is 51.2 Å². The molecule has 0 aromatic heterocycles. The van der Waals surface area contributed by atoms with E-state index in [2.05, 4.69) is 58.0 Å². The van der Waals surface area contributed by atoms with Crippen LogP contribution in [-0.2, 0) is 0 Å². The Morgan fingerprint density at radius 3 is 2.59 bits per heavy atom. The normalized spacial score (nSPS) is 45.4. The quantitative estimate of drug-likeness (QED) is 0.342. The van der Waals surface area contributed by atoms with Gasteiger partial charge in [-0.25, -0.2) is 0 Å². The van der Waals surface area contributed by atoms with Gasteiger partial charge in [0, 0.05) is 0 Å². The van der Waals surface area contributed by atoms with E-state index in [9.17, 15) is 4.91 Å². The summed E-state index contributed by atoms with van der Waals surface area (Å²) < 4.78 is 0. The zero-order valence-corrected chi connectivity index (χ0v) is 19.5. The molecule has 4 aliphatic carbocycles. The largest absolute Gasteiger partial charge is 0.150 e. The van der Waals surface area contributed by atoms with Crippen molar-refractivity contribution in [2.75, 3.05) is 0 Å². The molecule has 0 spiro atoms. The first-order valence-corrected chi connectivity index (χ1v) is 12.5. The summed E-state index contributed by atoms with van der Waals surface area (Å²) in [6.07, 6.45) is 18.8. The van der Waals surface area contributed by atoms with Crippen molar-refractivity contribution in [1.82, 2.24) is 0 Å². The maximum Gasteiger partial charge on any atom is 0.110 e. The molecular weight excluding hydrogens is 354 g/mol. The molecule has 0 aromatic rings. The Morgan fingerprint density at radius 2 is 1.86 bits per heavy atom. The topological polar surface area (TPSA) is 29.4 Å². The molecule has 29 heavy (non-hydrogen) atoms. The second-order valence-electron chi connectivity index (χ2n) is 11.9. The summed E-state index contributed by atoms with van der Waals surface area (Å²) in [5.74, 6) is 4.97. The van der Waals surface area contributed by atoms with Crippen LogP contribution in [0.4, 0.5) is 0 Å². The highest BCUT2D eigenvalue weighted by Gasteiger charge is 2.59. The SMILES string of the molecule is CC(C)CC=C[C@@H](C)[C@H]1CC[C@H]2[C@@H]3CCC4=CC(N=O)CC[C@]4(C)[C@H]3CC[C@]12C. The molecule has 2 nitrogen and oxygen atoms in total. The Labute approximate surface area is 179 Å². The molecule has 0 radical (unpaired) electrons. The van der Waals surface area contributed by atoms with Crippen molar-refractivity contribution in [2.45, 2.75) is 98.4 Å². The predicted molar refractivity (Wildman–Crippen MR) is 123 cm³/mol. The van der Waals surface area contributed by atoms with Gasteiger partial charge in [0.15, 0.2) is 0 Å². The lowest BCUT2D eigenvalue weighted by Gasteiger charge is -2.58. The second kappa shape index (κ2) is 7.97. The van der Waals surface area contributed by atoms with E-state index in [4.69, 9.17) is 0 Å². The molecule has 0 amide bonds. The van der Waals surface area contributed by atoms with Gasteiger partial charge in [-0.15, -0.1) is 0 Å². The van der Waals surface area contributed by atoms with Gasteiger partial charge in [0.25, 0.3) is 0 Å². The maximum absolute atomic E-state index is 11.1. The molecule has 1 unspecified atom stereocenters. The third-order valence-corrected chi connectivity index (χ3v) is 9.98. The average molecular weight is 398 g/mol. The molecule has 3 saturated carbocycles. The molecule has 2 heteroatoms. The molecule has 4 rings (SSSR count). The van der Waals surface area contributed by atoms with Crippen LogP contribution >= 0.6 is 0 Å². The van der Waals surface area contributed by atoms with Gasteiger partial charge < -0.3 is 0 Å². The van der Waals surface area contributed by atoms with E-state index in [0.29, 0.717) is 16.7 Å². The molecule has 4 aliphatic rings. The Balaban J connectivity index is 1.52. The van der Waals surface area contributed by atoms with Crippen LogP contribution in [0.25, 0.3) is 0 Å². The van der Waals surface area contributed by atoms with E-state index in [1.54, 1.807) is 5.57 Å². The van der Waals surface area contributed by atoms with Crippen LogP contribution in [0.5, 0.6) is 0 Å².